The van der Waals surface area contributed by atoms with Crippen LogP contribution in [-0.4, -0.2) is 24.3 Å². The van der Waals surface area contributed by atoms with Crippen LogP contribution in [-0.2, 0) is 17.0 Å². The van der Waals surface area contributed by atoms with E-state index in [1.54, 1.807) is 18.7 Å². The highest BCUT2D eigenvalue weighted by atomic mass is 35.5. The molecule has 0 saturated heterocycles. The molecule has 1 amide bonds. The van der Waals surface area contributed by atoms with Crippen LogP contribution in [0.3, 0.4) is 0 Å². The summed E-state index contributed by atoms with van der Waals surface area (Å²) in [7, 11) is 0. The summed E-state index contributed by atoms with van der Waals surface area (Å²) in [6.45, 7) is 4.46. The molecule has 0 bridgehead atoms. The molecule has 0 radical (unpaired) electrons. The van der Waals surface area contributed by atoms with Crippen LogP contribution in [0.2, 0.25) is 5.02 Å². The topological polar surface area (TPSA) is 38.3 Å². The predicted molar refractivity (Wildman–Crippen MR) is 107 cm³/mol. The molecule has 5 heteroatoms. The lowest BCUT2D eigenvalue weighted by Gasteiger charge is -2.16. The number of hydrogen-bond donors (Lipinski definition) is 1. The number of nitrogens with one attached hydrogen (secondary N) is 1. The van der Waals surface area contributed by atoms with Crippen molar-refractivity contribution in [2.45, 2.75) is 32.1 Å². The van der Waals surface area contributed by atoms with Gasteiger partial charge in [-0.3, -0.25) is 4.79 Å². The fourth-order valence-corrected chi connectivity index (χ4v) is 3.49. The lowest BCUT2D eigenvalue weighted by Crippen LogP contribution is -2.37. The maximum absolute atomic E-state index is 12.2. The van der Waals surface area contributed by atoms with Crippen molar-refractivity contribution in [2.75, 3.05) is 12.3 Å². The summed E-state index contributed by atoms with van der Waals surface area (Å²) in [5.74, 6) is 2.35. The largest absolute Gasteiger partial charge is 0.481 e. The second-order valence-corrected chi connectivity index (χ2v) is 7.17. The number of carbonyl (C=O) groups excluding carboxylic acids is 1. The zero-order valence-electron chi connectivity index (χ0n) is 14.6. The Kier molecular flexibility index (Phi) is 8.16. The standard InChI is InChI=1S/C20H24ClNO2S/c1-3-16-8-5-7-11-19(16)24-15(2)20(23)22-12-13-25-14-17-9-4-6-10-18(17)21/h4-11,15H,3,12-14H2,1-2H3,(H,22,23). The van der Waals surface area contributed by atoms with E-state index >= 15 is 0 Å². The minimum absolute atomic E-state index is 0.0933. The first kappa shape index (κ1) is 19.7. The number of para-hydroxylation sites is 1. The lowest BCUT2D eigenvalue weighted by molar-refractivity contribution is -0.127. The molecule has 3 nitrogen and oxygen atoms in total. The van der Waals surface area contributed by atoms with Crippen LogP contribution in [0.1, 0.15) is 25.0 Å². The fourth-order valence-electron chi connectivity index (χ4n) is 2.34. The summed E-state index contributed by atoms with van der Waals surface area (Å²) in [5, 5.41) is 3.71. The Bertz CT molecular complexity index is 693. The van der Waals surface area contributed by atoms with E-state index in [0.717, 1.165) is 39.8 Å². The molecule has 1 N–H and O–H groups in total. The van der Waals surface area contributed by atoms with E-state index < -0.39 is 6.10 Å². The fraction of sp³-hybridized carbons (Fsp3) is 0.350. The Labute approximate surface area is 159 Å². The summed E-state index contributed by atoms with van der Waals surface area (Å²) >= 11 is 7.88. The van der Waals surface area contributed by atoms with Gasteiger partial charge in [-0.25, -0.2) is 0 Å². The second-order valence-electron chi connectivity index (χ2n) is 5.66. The van der Waals surface area contributed by atoms with E-state index in [1.165, 1.54) is 0 Å². The number of ether oxygens (including phenoxy) is 1. The number of rotatable bonds is 9. The molecular formula is C20H24ClNO2S. The highest BCUT2D eigenvalue weighted by molar-refractivity contribution is 7.98. The number of benzene rings is 2. The number of hydrogen-bond acceptors (Lipinski definition) is 3. The Balaban J connectivity index is 1.70. The Hall–Kier alpha value is -1.65. The van der Waals surface area contributed by atoms with Crippen molar-refractivity contribution in [1.82, 2.24) is 5.32 Å². The van der Waals surface area contributed by atoms with Crippen LogP contribution >= 0.6 is 23.4 Å². The van der Waals surface area contributed by atoms with E-state index in [-0.39, 0.29) is 5.91 Å². The van der Waals surface area contributed by atoms with Crippen LogP contribution in [0.4, 0.5) is 0 Å². The maximum atomic E-state index is 12.2. The lowest BCUT2D eigenvalue weighted by atomic mass is 10.1. The molecule has 2 rings (SSSR count). The van der Waals surface area contributed by atoms with Gasteiger partial charge in [-0.15, -0.1) is 0 Å². The van der Waals surface area contributed by atoms with Crippen molar-refractivity contribution in [3.8, 4) is 5.75 Å². The summed E-state index contributed by atoms with van der Waals surface area (Å²) in [4.78, 5) is 12.2. The number of thioether (sulfide) groups is 1. The van der Waals surface area contributed by atoms with E-state index in [2.05, 4.69) is 12.2 Å². The monoisotopic (exact) mass is 377 g/mol. The molecule has 0 fully saturated rings. The summed E-state index contributed by atoms with van der Waals surface area (Å²) in [5.41, 5.74) is 2.23. The van der Waals surface area contributed by atoms with Gasteiger partial charge in [0, 0.05) is 23.1 Å². The van der Waals surface area contributed by atoms with Gasteiger partial charge in [0.15, 0.2) is 6.10 Å². The third kappa shape index (κ3) is 6.29. The molecule has 0 aromatic heterocycles. The molecule has 0 aliphatic rings. The van der Waals surface area contributed by atoms with Gasteiger partial charge in [0.1, 0.15) is 5.75 Å². The maximum Gasteiger partial charge on any atom is 0.260 e. The molecule has 25 heavy (non-hydrogen) atoms. The molecule has 134 valence electrons. The number of aryl methyl sites for hydroxylation is 1. The third-order valence-electron chi connectivity index (χ3n) is 3.79. The summed E-state index contributed by atoms with van der Waals surface area (Å²) in [6.07, 6.45) is 0.365. The van der Waals surface area contributed by atoms with Crippen LogP contribution < -0.4 is 10.1 Å². The molecule has 1 atom stereocenters. The predicted octanol–water partition coefficient (Wildman–Crippen LogP) is 4.72. The Morgan fingerprint density at radius 1 is 1.16 bits per heavy atom. The molecule has 0 heterocycles. The minimum atomic E-state index is -0.513. The van der Waals surface area contributed by atoms with Gasteiger partial charge in [-0.1, -0.05) is 54.9 Å². The van der Waals surface area contributed by atoms with Crippen molar-refractivity contribution in [1.29, 1.82) is 0 Å². The number of amides is 1. The highest BCUT2D eigenvalue weighted by Gasteiger charge is 2.15. The van der Waals surface area contributed by atoms with Crippen LogP contribution in [0.5, 0.6) is 5.75 Å². The van der Waals surface area contributed by atoms with E-state index in [0.29, 0.717) is 6.54 Å². The van der Waals surface area contributed by atoms with Gasteiger partial charge in [0.2, 0.25) is 0 Å². The van der Waals surface area contributed by atoms with Crippen LogP contribution in [0, 0.1) is 0 Å². The van der Waals surface area contributed by atoms with Crippen LogP contribution in [0.25, 0.3) is 0 Å². The van der Waals surface area contributed by atoms with Gasteiger partial charge in [0.05, 0.1) is 0 Å². The average molecular weight is 378 g/mol. The molecule has 0 spiro atoms. The quantitative estimate of drug-likeness (QED) is 0.642. The molecular weight excluding hydrogens is 354 g/mol. The molecule has 2 aromatic rings. The Morgan fingerprint density at radius 3 is 2.56 bits per heavy atom. The zero-order valence-corrected chi connectivity index (χ0v) is 16.2. The van der Waals surface area contributed by atoms with Gasteiger partial charge < -0.3 is 10.1 Å². The van der Waals surface area contributed by atoms with Crippen molar-refractivity contribution in [3.63, 3.8) is 0 Å². The van der Waals surface area contributed by atoms with Gasteiger partial charge in [-0.2, -0.15) is 11.8 Å². The van der Waals surface area contributed by atoms with Crippen molar-refractivity contribution in [2.24, 2.45) is 0 Å². The van der Waals surface area contributed by atoms with Crippen molar-refractivity contribution >= 4 is 29.3 Å². The molecule has 1 unspecified atom stereocenters. The first-order chi connectivity index (χ1) is 12.1. The minimum Gasteiger partial charge on any atom is -0.481 e. The smallest absolute Gasteiger partial charge is 0.260 e. The molecule has 0 saturated carbocycles. The molecule has 2 aromatic carbocycles. The molecule has 0 aliphatic carbocycles. The second kappa shape index (κ2) is 10.4. The normalized spacial score (nSPS) is 11.8. The van der Waals surface area contributed by atoms with Crippen molar-refractivity contribution < 1.29 is 9.53 Å². The van der Waals surface area contributed by atoms with Gasteiger partial charge in [-0.05, 0) is 36.6 Å². The first-order valence-electron chi connectivity index (χ1n) is 8.45. The van der Waals surface area contributed by atoms with Crippen LogP contribution in [0.15, 0.2) is 48.5 Å². The van der Waals surface area contributed by atoms with E-state index in [9.17, 15) is 4.79 Å². The number of halogens is 1. The van der Waals surface area contributed by atoms with Crippen molar-refractivity contribution in [3.05, 3.63) is 64.7 Å². The summed E-state index contributed by atoms with van der Waals surface area (Å²) in [6, 6.07) is 15.7. The highest BCUT2D eigenvalue weighted by Crippen LogP contribution is 2.21. The Morgan fingerprint density at radius 2 is 1.84 bits per heavy atom. The third-order valence-corrected chi connectivity index (χ3v) is 5.16. The van der Waals surface area contributed by atoms with E-state index in [4.69, 9.17) is 16.3 Å². The number of carbonyl (C=O) groups is 1. The molecule has 0 aliphatic heterocycles. The van der Waals surface area contributed by atoms with Gasteiger partial charge in [0.25, 0.3) is 5.91 Å². The van der Waals surface area contributed by atoms with Gasteiger partial charge >= 0.3 is 0 Å². The average Bonchev–Trinajstić information content (AvgIpc) is 2.63. The summed E-state index contributed by atoms with van der Waals surface area (Å²) < 4.78 is 5.80. The first-order valence-corrected chi connectivity index (χ1v) is 9.98. The zero-order chi connectivity index (χ0) is 18.1. The SMILES string of the molecule is CCc1ccccc1OC(C)C(=O)NCCSCc1ccccc1Cl. The van der Waals surface area contributed by atoms with E-state index in [1.807, 2.05) is 48.5 Å².